The highest BCUT2D eigenvalue weighted by Gasteiger charge is 2.10. The molecule has 5 nitrogen and oxygen atoms in total. The summed E-state index contributed by atoms with van der Waals surface area (Å²) < 4.78 is 23.6. The van der Waals surface area contributed by atoms with E-state index in [1.54, 1.807) is 12.1 Å². The van der Waals surface area contributed by atoms with Gasteiger partial charge in [0, 0.05) is 13.0 Å². The maximum Gasteiger partial charge on any atom is 0.240 e. The zero-order valence-corrected chi connectivity index (χ0v) is 13.3. The van der Waals surface area contributed by atoms with Gasteiger partial charge in [0.25, 0.3) is 0 Å². The van der Waals surface area contributed by atoms with E-state index in [1.807, 2.05) is 11.9 Å². The molecule has 0 N–H and O–H groups in total. The minimum absolute atomic E-state index is 0.266. The lowest BCUT2D eigenvalue weighted by molar-refractivity contribution is 0.212. The van der Waals surface area contributed by atoms with Crippen LogP contribution < -0.4 is 4.74 Å². The Morgan fingerprint density at radius 1 is 1.27 bits per heavy atom. The van der Waals surface area contributed by atoms with Crippen molar-refractivity contribution in [1.82, 2.24) is 15.0 Å². The Hall–Kier alpha value is -1.95. The van der Waals surface area contributed by atoms with Crippen LogP contribution in [0.5, 0.6) is 5.75 Å². The number of rotatable bonds is 8. The van der Waals surface area contributed by atoms with E-state index in [1.165, 1.54) is 12.1 Å². The smallest absolute Gasteiger partial charge is 0.240 e. The van der Waals surface area contributed by atoms with E-state index in [2.05, 4.69) is 24.0 Å². The molecule has 0 aliphatic carbocycles. The number of likely N-dealkylation sites (N-methyl/N-ethyl adjacent to an activating group) is 1. The van der Waals surface area contributed by atoms with Gasteiger partial charge in [-0.1, -0.05) is 19.0 Å². The fraction of sp³-hybridized carbons (Fsp3) is 0.500. The number of nitrogens with zero attached hydrogens (tertiary/aromatic N) is 3. The Bertz CT molecular complexity index is 569. The third-order valence-corrected chi connectivity index (χ3v) is 3.06. The minimum Gasteiger partial charge on any atom is -0.492 e. The fourth-order valence-electron chi connectivity index (χ4n) is 1.96. The molecule has 2 rings (SSSR count). The van der Waals surface area contributed by atoms with Gasteiger partial charge in [0.2, 0.25) is 5.89 Å². The van der Waals surface area contributed by atoms with E-state index in [-0.39, 0.29) is 5.82 Å². The van der Waals surface area contributed by atoms with E-state index in [4.69, 9.17) is 9.26 Å². The molecule has 120 valence electrons. The van der Waals surface area contributed by atoms with E-state index in [9.17, 15) is 4.39 Å². The summed E-state index contributed by atoms with van der Waals surface area (Å²) in [6.45, 7) is 6.04. The van der Waals surface area contributed by atoms with E-state index < -0.39 is 0 Å². The van der Waals surface area contributed by atoms with Crippen molar-refractivity contribution in [3.63, 3.8) is 0 Å². The summed E-state index contributed by atoms with van der Waals surface area (Å²) in [7, 11) is 1.96. The van der Waals surface area contributed by atoms with Crippen LogP contribution in [0.15, 0.2) is 28.8 Å². The number of hydrogen-bond acceptors (Lipinski definition) is 5. The molecule has 0 radical (unpaired) electrons. The quantitative estimate of drug-likeness (QED) is 0.750. The van der Waals surface area contributed by atoms with Crippen LogP contribution in [0.1, 0.15) is 25.6 Å². The lowest BCUT2D eigenvalue weighted by Gasteiger charge is -2.14. The molecule has 2 aromatic rings. The molecular weight excluding hydrogens is 285 g/mol. The van der Waals surface area contributed by atoms with Crippen LogP contribution in [0.2, 0.25) is 0 Å². The maximum atomic E-state index is 12.8. The number of benzene rings is 1. The van der Waals surface area contributed by atoms with Gasteiger partial charge in [-0.15, -0.1) is 0 Å². The summed E-state index contributed by atoms with van der Waals surface area (Å²) in [4.78, 5) is 6.40. The van der Waals surface area contributed by atoms with Gasteiger partial charge in [0.05, 0.1) is 6.54 Å². The van der Waals surface area contributed by atoms with Crippen molar-refractivity contribution < 1.29 is 13.7 Å². The third kappa shape index (κ3) is 5.44. The van der Waals surface area contributed by atoms with Crippen LogP contribution in [-0.4, -0.2) is 35.2 Å². The molecule has 0 unspecified atom stereocenters. The van der Waals surface area contributed by atoms with Crippen LogP contribution in [0.25, 0.3) is 0 Å². The average Bonchev–Trinajstić information content (AvgIpc) is 2.87. The highest BCUT2D eigenvalue weighted by atomic mass is 19.1. The van der Waals surface area contributed by atoms with E-state index in [0.717, 1.165) is 12.2 Å². The molecule has 0 amide bonds. The molecule has 6 heteroatoms. The number of aromatic nitrogens is 2. The first-order chi connectivity index (χ1) is 10.5. The van der Waals surface area contributed by atoms with Crippen LogP contribution >= 0.6 is 0 Å². The van der Waals surface area contributed by atoms with Crippen LogP contribution in [0, 0.1) is 11.7 Å². The van der Waals surface area contributed by atoms with Gasteiger partial charge in [0.15, 0.2) is 5.82 Å². The maximum absolute atomic E-state index is 12.8. The molecule has 1 aromatic heterocycles. The lowest BCUT2D eigenvalue weighted by atomic mass is 10.1. The van der Waals surface area contributed by atoms with Crippen LogP contribution in [-0.2, 0) is 13.0 Å². The first-order valence-electron chi connectivity index (χ1n) is 7.41. The topological polar surface area (TPSA) is 51.4 Å². The summed E-state index contributed by atoms with van der Waals surface area (Å²) in [6, 6.07) is 6.00. The summed E-state index contributed by atoms with van der Waals surface area (Å²) >= 11 is 0. The fourth-order valence-corrected chi connectivity index (χ4v) is 1.96. The van der Waals surface area contributed by atoms with Gasteiger partial charge in [-0.05, 0) is 37.2 Å². The molecule has 0 aliphatic rings. The molecule has 0 aliphatic heterocycles. The Morgan fingerprint density at radius 2 is 2.00 bits per heavy atom. The van der Waals surface area contributed by atoms with Crippen molar-refractivity contribution in [2.24, 2.45) is 5.92 Å². The van der Waals surface area contributed by atoms with Gasteiger partial charge in [-0.2, -0.15) is 4.98 Å². The second-order valence-corrected chi connectivity index (χ2v) is 5.74. The van der Waals surface area contributed by atoms with E-state index in [0.29, 0.717) is 37.3 Å². The van der Waals surface area contributed by atoms with Gasteiger partial charge in [0.1, 0.15) is 18.2 Å². The summed E-state index contributed by atoms with van der Waals surface area (Å²) in [5, 5.41) is 3.97. The molecule has 0 saturated heterocycles. The molecule has 0 atom stereocenters. The monoisotopic (exact) mass is 307 g/mol. The summed E-state index contributed by atoms with van der Waals surface area (Å²) in [6.07, 6.45) is 0.820. The van der Waals surface area contributed by atoms with Crippen molar-refractivity contribution in [2.45, 2.75) is 26.8 Å². The van der Waals surface area contributed by atoms with Crippen molar-refractivity contribution in [3.05, 3.63) is 41.8 Å². The SMILES string of the molecule is CC(C)Cc1noc(CN(C)CCOc2ccc(F)cc2)n1. The molecule has 1 aromatic carbocycles. The van der Waals surface area contributed by atoms with Crippen molar-refractivity contribution in [1.29, 1.82) is 0 Å². The Balaban J connectivity index is 1.72. The van der Waals surface area contributed by atoms with Gasteiger partial charge in [-0.3, -0.25) is 4.90 Å². The van der Waals surface area contributed by atoms with Crippen molar-refractivity contribution in [2.75, 3.05) is 20.2 Å². The number of halogens is 1. The highest BCUT2D eigenvalue weighted by Crippen LogP contribution is 2.11. The van der Waals surface area contributed by atoms with Crippen molar-refractivity contribution in [3.8, 4) is 5.75 Å². The normalized spacial score (nSPS) is 11.4. The molecule has 0 saturated carbocycles. The van der Waals surface area contributed by atoms with Crippen LogP contribution in [0.3, 0.4) is 0 Å². The zero-order chi connectivity index (χ0) is 15.9. The number of ether oxygens (including phenoxy) is 1. The summed E-state index contributed by atoms with van der Waals surface area (Å²) in [5.74, 6) is 2.26. The van der Waals surface area contributed by atoms with Gasteiger partial charge >= 0.3 is 0 Å². The van der Waals surface area contributed by atoms with E-state index >= 15 is 0 Å². The van der Waals surface area contributed by atoms with Gasteiger partial charge < -0.3 is 9.26 Å². The second-order valence-electron chi connectivity index (χ2n) is 5.74. The second kappa shape index (κ2) is 7.89. The van der Waals surface area contributed by atoms with Crippen molar-refractivity contribution >= 4 is 0 Å². The minimum atomic E-state index is -0.266. The first kappa shape index (κ1) is 16.4. The standard InChI is InChI=1S/C16H22FN3O2/c1-12(2)10-15-18-16(22-19-15)11-20(3)8-9-21-14-6-4-13(17)5-7-14/h4-7,12H,8-11H2,1-3H3. The Kier molecular flexibility index (Phi) is 5.89. The molecular formula is C16H22FN3O2. The lowest BCUT2D eigenvalue weighted by Crippen LogP contribution is -2.24. The average molecular weight is 307 g/mol. The first-order valence-corrected chi connectivity index (χ1v) is 7.41. The molecule has 0 spiro atoms. The number of hydrogen-bond donors (Lipinski definition) is 0. The molecule has 0 fully saturated rings. The van der Waals surface area contributed by atoms with Gasteiger partial charge in [-0.25, -0.2) is 4.39 Å². The Labute approximate surface area is 130 Å². The molecule has 0 bridgehead atoms. The molecule has 22 heavy (non-hydrogen) atoms. The van der Waals surface area contributed by atoms with Crippen LogP contribution in [0.4, 0.5) is 4.39 Å². The Morgan fingerprint density at radius 3 is 2.68 bits per heavy atom. The highest BCUT2D eigenvalue weighted by molar-refractivity contribution is 5.21. The largest absolute Gasteiger partial charge is 0.492 e. The predicted octanol–water partition coefficient (Wildman–Crippen LogP) is 2.92. The predicted molar refractivity (Wildman–Crippen MR) is 81.1 cm³/mol. The zero-order valence-electron chi connectivity index (χ0n) is 13.3. The summed E-state index contributed by atoms with van der Waals surface area (Å²) in [5.41, 5.74) is 0. The molecule has 1 heterocycles. The third-order valence-electron chi connectivity index (χ3n) is 3.06.